The van der Waals surface area contributed by atoms with Gasteiger partial charge in [0.15, 0.2) is 5.96 Å². The first kappa shape index (κ1) is 23.5. The van der Waals surface area contributed by atoms with E-state index in [1.54, 1.807) is 0 Å². The number of halogens is 1. The van der Waals surface area contributed by atoms with Crippen molar-refractivity contribution in [3.8, 4) is 0 Å². The minimum Gasteiger partial charge on any atom is -0.381 e. The van der Waals surface area contributed by atoms with Gasteiger partial charge in [-0.15, -0.1) is 24.0 Å². The largest absolute Gasteiger partial charge is 0.381 e. The molecule has 2 saturated carbocycles. The lowest BCUT2D eigenvalue weighted by Gasteiger charge is -2.54. The molecular formula is C20H38IN3O2S. The van der Waals surface area contributed by atoms with Crippen LogP contribution in [-0.2, 0) is 9.47 Å². The lowest BCUT2D eigenvalue weighted by Crippen LogP contribution is -2.65. The summed E-state index contributed by atoms with van der Waals surface area (Å²) in [6, 6.07) is 0.499. The maximum absolute atomic E-state index is 6.06. The Bertz CT molecular complexity index is 480. The Kier molecular flexibility index (Phi) is 9.49. The normalized spacial score (nSPS) is 29.1. The lowest BCUT2D eigenvalue weighted by molar-refractivity contribution is -0.125. The van der Waals surface area contributed by atoms with E-state index in [9.17, 15) is 0 Å². The van der Waals surface area contributed by atoms with Crippen molar-refractivity contribution < 1.29 is 9.47 Å². The molecule has 1 aliphatic heterocycles. The highest BCUT2D eigenvalue weighted by Gasteiger charge is 2.57. The molecule has 0 aromatic rings. The number of aliphatic imine (C=N–C) groups is 1. The van der Waals surface area contributed by atoms with Crippen LogP contribution in [0.1, 0.15) is 58.8 Å². The molecule has 1 spiro atoms. The molecule has 2 unspecified atom stereocenters. The number of rotatable bonds is 7. The number of nitrogens with zero attached hydrogens (tertiary/aromatic N) is 1. The van der Waals surface area contributed by atoms with Crippen LogP contribution in [0.15, 0.2) is 4.99 Å². The van der Waals surface area contributed by atoms with Gasteiger partial charge in [-0.25, -0.2) is 0 Å². The zero-order valence-electron chi connectivity index (χ0n) is 17.2. The molecule has 2 N–H and O–H groups in total. The monoisotopic (exact) mass is 511 g/mol. The Labute approximate surface area is 186 Å². The van der Waals surface area contributed by atoms with E-state index in [1.165, 1.54) is 25.7 Å². The van der Waals surface area contributed by atoms with Crippen LogP contribution in [0.25, 0.3) is 0 Å². The van der Waals surface area contributed by atoms with Crippen molar-refractivity contribution in [2.24, 2.45) is 10.4 Å². The molecule has 2 aliphatic carbocycles. The first-order valence-electron chi connectivity index (χ1n) is 10.5. The Morgan fingerprint density at radius 1 is 1.19 bits per heavy atom. The van der Waals surface area contributed by atoms with Crippen LogP contribution >= 0.6 is 35.7 Å². The highest BCUT2D eigenvalue weighted by Crippen LogP contribution is 2.54. The van der Waals surface area contributed by atoms with Crippen molar-refractivity contribution in [3.05, 3.63) is 0 Å². The lowest BCUT2D eigenvalue weighted by atomic mass is 9.60. The molecular weight excluding hydrogens is 473 g/mol. The maximum Gasteiger partial charge on any atom is 0.191 e. The Morgan fingerprint density at radius 3 is 2.48 bits per heavy atom. The predicted octanol–water partition coefficient (Wildman–Crippen LogP) is 3.81. The van der Waals surface area contributed by atoms with Gasteiger partial charge in [-0.1, -0.05) is 12.8 Å². The van der Waals surface area contributed by atoms with Crippen LogP contribution in [-0.4, -0.2) is 62.0 Å². The van der Waals surface area contributed by atoms with E-state index >= 15 is 0 Å². The quantitative estimate of drug-likeness (QED) is 0.309. The summed E-state index contributed by atoms with van der Waals surface area (Å²) in [6.45, 7) is 8.57. The molecule has 3 rings (SSSR count). The van der Waals surface area contributed by atoms with Gasteiger partial charge in [-0.3, -0.25) is 4.99 Å². The SMILES string of the molecule is CCNC(=NCC1(SC)CCOCC1)NC1CC(OCC)C12CCCC2.I. The second-order valence-electron chi connectivity index (χ2n) is 8.01. The molecule has 0 aromatic heterocycles. The predicted molar refractivity (Wildman–Crippen MR) is 126 cm³/mol. The number of nitrogens with one attached hydrogen (secondary N) is 2. The van der Waals surface area contributed by atoms with Crippen molar-refractivity contribution in [2.45, 2.75) is 75.7 Å². The number of ether oxygens (including phenoxy) is 2. The molecule has 1 heterocycles. The molecule has 5 nitrogen and oxygen atoms in total. The molecule has 0 radical (unpaired) electrons. The van der Waals surface area contributed by atoms with E-state index in [2.05, 4.69) is 30.7 Å². The molecule has 0 aromatic carbocycles. The highest BCUT2D eigenvalue weighted by molar-refractivity contribution is 14.0. The van der Waals surface area contributed by atoms with E-state index in [1.807, 2.05) is 11.8 Å². The maximum atomic E-state index is 6.06. The van der Waals surface area contributed by atoms with Gasteiger partial charge >= 0.3 is 0 Å². The van der Waals surface area contributed by atoms with Gasteiger partial charge in [0.25, 0.3) is 0 Å². The van der Waals surface area contributed by atoms with Crippen LogP contribution in [0, 0.1) is 5.41 Å². The molecule has 27 heavy (non-hydrogen) atoms. The minimum absolute atomic E-state index is 0. The van der Waals surface area contributed by atoms with E-state index in [0.717, 1.165) is 58.1 Å². The van der Waals surface area contributed by atoms with Crippen molar-refractivity contribution in [2.75, 3.05) is 39.2 Å². The third kappa shape index (κ3) is 5.25. The van der Waals surface area contributed by atoms with Crippen molar-refractivity contribution in [1.82, 2.24) is 10.6 Å². The molecule has 0 bridgehead atoms. The molecule has 0 amide bonds. The number of guanidine groups is 1. The zero-order chi connectivity index (χ0) is 18.5. The summed E-state index contributed by atoms with van der Waals surface area (Å²) in [5.74, 6) is 0.985. The van der Waals surface area contributed by atoms with Gasteiger partial charge in [0.2, 0.25) is 0 Å². The molecule has 3 aliphatic rings. The van der Waals surface area contributed by atoms with E-state index in [0.29, 0.717) is 17.6 Å². The van der Waals surface area contributed by atoms with Crippen LogP contribution in [0.4, 0.5) is 0 Å². The first-order valence-corrected chi connectivity index (χ1v) is 11.7. The van der Waals surface area contributed by atoms with E-state index in [-0.39, 0.29) is 28.7 Å². The molecule has 3 fully saturated rings. The highest BCUT2D eigenvalue weighted by atomic mass is 127. The summed E-state index contributed by atoms with van der Waals surface area (Å²) in [5.41, 5.74) is 0.335. The summed E-state index contributed by atoms with van der Waals surface area (Å²) in [4.78, 5) is 5.00. The summed E-state index contributed by atoms with van der Waals surface area (Å²) < 4.78 is 11.9. The standard InChI is InChI=1S/C20H37N3O2S.HI/c1-4-21-18(22-15-19(26-3)10-12-24-13-11-19)23-16-14-17(25-5-2)20(16)8-6-7-9-20;/h16-17H,4-15H2,1-3H3,(H2,21,22,23);1H. The van der Waals surface area contributed by atoms with Gasteiger partial charge in [0.05, 0.1) is 12.6 Å². The minimum atomic E-state index is 0. The van der Waals surface area contributed by atoms with Gasteiger partial charge in [0.1, 0.15) is 0 Å². The van der Waals surface area contributed by atoms with Gasteiger partial charge < -0.3 is 20.1 Å². The molecule has 158 valence electrons. The van der Waals surface area contributed by atoms with E-state index < -0.39 is 0 Å². The second-order valence-corrected chi connectivity index (χ2v) is 9.29. The Balaban J connectivity index is 0.00000261. The molecule has 7 heteroatoms. The first-order chi connectivity index (χ1) is 12.7. The van der Waals surface area contributed by atoms with Gasteiger partial charge in [-0.2, -0.15) is 11.8 Å². The third-order valence-corrected chi connectivity index (χ3v) is 8.11. The van der Waals surface area contributed by atoms with Gasteiger partial charge in [-0.05, 0) is 52.2 Å². The summed E-state index contributed by atoms with van der Waals surface area (Å²) >= 11 is 1.96. The second kappa shape index (κ2) is 10.9. The fourth-order valence-electron chi connectivity index (χ4n) is 4.97. The number of hydrogen-bond acceptors (Lipinski definition) is 4. The average Bonchev–Trinajstić information content (AvgIpc) is 3.19. The van der Waals surface area contributed by atoms with Crippen molar-refractivity contribution in [1.29, 1.82) is 0 Å². The van der Waals surface area contributed by atoms with Crippen LogP contribution in [0.5, 0.6) is 0 Å². The smallest absolute Gasteiger partial charge is 0.191 e. The fraction of sp³-hybridized carbons (Fsp3) is 0.950. The number of thioether (sulfide) groups is 1. The van der Waals surface area contributed by atoms with E-state index in [4.69, 9.17) is 14.5 Å². The summed E-state index contributed by atoms with van der Waals surface area (Å²) in [5, 5.41) is 7.25. The fourth-order valence-corrected chi connectivity index (χ4v) is 5.74. The van der Waals surface area contributed by atoms with Crippen LogP contribution < -0.4 is 10.6 Å². The number of hydrogen-bond donors (Lipinski definition) is 2. The van der Waals surface area contributed by atoms with Crippen molar-refractivity contribution in [3.63, 3.8) is 0 Å². The van der Waals surface area contributed by atoms with Gasteiger partial charge in [0, 0.05) is 42.6 Å². The Hall–Kier alpha value is 0.270. The van der Waals surface area contributed by atoms with Crippen molar-refractivity contribution >= 4 is 41.7 Å². The summed E-state index contributed by atoms with van der Waals surface area (Å²) in [6.07, 6.45) is 11.2. The molecule has 2 atom stereocenters. The molecule has 1 saturated heterocycles. The summed E-state index contributed by atoms with van der Waals surface area (Å²) in [7, 11) is 0. The average molecular weight is 512 g/mol. The zero-order valence-corrected chi connectivity index (χ0v) is 20.4. The van der Waals surface area contributed by atoms with Crippen LogP contribution in [0.2, 0.25) is 0 Å². The topological polar surface area (TPSA) is 54.9 Å². The van der Waals surface area contributed by atoms with Crippen LogP contribution in [0.3, 0.4) is 0 Å². The third-order valence-electron chi connectivity index (χ3n) is 6.70. The Morgan fingerprint density at radius 2 is 1.89 bits per heavy atom.